The first kappa shape index (κ1) is 23.3. The lowest BCUT2D eigenvalue weighted by Gasteiger charge is -2.09. The second-order valence-electron chi connectivity index (χ2n) is 7.83. The molecule has 6 nitrogen and oxygen atoms in total. The molecular formula is C27H25NO5S. The van der Waals surface area contributed by atoms with Gasteiger partial charge in [0.1, 0.15) is 23.9 Å². The lowest BCUT2D eigenvalue weighted by atomic mass is 10.1. The molecule has 174 valence electrons. The molecule has 0 atom stereocenters. The molecule has 0 unspecified atom stereocenters. The van der Waals surface area contributed by atoms with Crippen LogP contribution in [0.15, 0.2) is 100 Å². The highest BCUT2D eigenvalue weighted by molar-refractivity contribution is 7.90. The molecule has 0 fully saturated rings. The van der Waals surface area contributed by atoms with Gasteiger partial charge in [0.15, 0.2) is 0 Å². The molecule has 4 aromatic rings. The van der Waals surface area contributed by atoms with E-state index in [0.29, 0.717) is 11.5 Å². The summed E-state index contributed by atoms with van der Waals surface area (Å²) in [5.74, 6) is 1.42. The number of carbonyl (C=O) groups excluding carboxylic acids is 1. The number of rotatable bonds is 9. The van der Waals surface area contributed by atoms with Crippen molar-refractivity contribution in [1.29, 1.82) is 0 Å². The van der Waals surface area contributed by atoms with Gasteiger partial charge in [-0.3, -0.25) is 4.79 Å². The number of aryl methyl sites for hydroxylation is 2. The lowest BCUT2D eigenvalue weighted by Crippen LogP contribution is -2.30. The van der Waals surface area contributed by atoms with Crippen LogP contribution in [-0.4, -0.2) is 14.3 Å². The summed E-state index contributed by atoms with van der Waals surface area (Å²) in [4.78, 5) is 12.4. The Labute approximate surface area is 199 Å². The largest absolute Gasteiger partial charge is 0.489 e. The van der Waals surface area contributed by atoms with Crippen molar-refractivity contribution in [2.24, 2.45) is 0 Å². The fourth-order valence-electron chi connectivity index (χ4n) is 3.59. The topological polar surface area (TPSA) is 85.6 Å². The Kier molecular flexibility index (Phi) is 7.13. The minimum atomic E-state index is -3.90. The van der Waals surface area contributed by atoms with Crippen molar-refractivity contribution in [3.63, 3.8) is 0 Å². The average molecular weight is 476 g/mol. The molecule has 4 rings (SSSR count). The average Bonchev–Trinajstić information content (AvgIpc) is 3.22. The highest BCUT2D eigenvalue weighted by Gasteiger charge is 2.18. The summed E-state index contributed by atoms with van der Waals surface area (Å²) in [6.45, 7) is 2.10. The van der Waals surface area contributed by atoms with Crippen LogP contribution in [0.5, 0.6) is 5.75 Å². The van der Waals surface area contributed by atoms with E-state index in [1.54, 1.807) is 18.2 Å². The zero-order valence-electron chi connectivity index (χ0n) is 18.7. The predicted molar refractivity (Wildman–Crippen MR) is 130 cm³/mol. The molecule has 0 bridgehead atoms. The molecule has 34 heavy (non-hydrogen) atoms. The van der Waals surface area contributed by atoms with Gasteiger partial charge in [-0.2, -0.15) is 0 Å². The van der Waals surface area contributed by atoms with Crippen molar-refractivity contribution >= 4 is 15.9 Å². The zero-order chi connectivity index (χ0) is 24.0. The standard InChI is InChI=1S/C27H25NO5S/c1-20-17-23(19-32-24-12-8-11-22(18-24)21-9-4-2-5-10-21)26(33-20)15-16-27(29)28-34(30,31)25-13-6-3-7-14-25/h2-14,17-18H,15-16,19H2,1H3,(H,28,29). The van der Waals surface area contributed by atoms with E-state index in [9.17, 15) is 13.2 Å². The zero-order valence-corrected chi connectivity index (χ0v) is 19.5. The van der Waals surface area contributed by atoms with Gasteiger partial charge >= 0.3 is 0 Å². The van der Waals surface area contributed by atoms with Crippen molar-refractivity contribution in [1.82, 2.24) is 4.72 Å². The Morgan fingerprint density at radius 1 is 0.882 bits per heavy atom. The number of ether oxygens (including phenoxy) is 1. The number of furan rings is 1. The SMILES string of the molecule is Cc1cc(COc2cccc(-c3ccccc3)c2)c(CCC(=O)NS(=O)(=O)c2ccccc2)o1. The van der Waals surface area contributed by atoms with Crippen LogP contribution in [0.4, 0.5) is 0 Å². The van der Waals surface area contributed by atoms with E-state index in [1.807, 2.05) is 67.6 Å². The summed E-state index contributed by atoms with van der Waals surface area (Å²) in [7, 11) is -3.90. The second kappa shape index (κ2) is 10.4. The van der Waals surface area contributed by atoms with Gasteiger partial charge in [0.25, 0.3) is 10.0 Å². The summed E-state index contributed by atoms with van der Waals surface area (Å²) >= 11 is 0. The summed E-state index contributed by atoms with van der Waals surface area (Å²) in [5, 5.41) is 0. The highest BCUT2D eigenvalue weighted by Crippen LogP contribution is 2.25. The third-order valence-corrected chi connectivity index (χ3v) is 6.63. The number of carbonyl (C=O) groups is 1. The Morgan fingerprint density at radius 3 is 2.29 bits per heavy atom. The van der Waals surface area contributed by atoms with E-state index in [0.717, 1.165) is 22.4 Å². The maximum atomic E-state index is 12.3. The van der Waals surface area contributed by atoms with E-state index in [1.165, 1.54) is 12.1 Å². The molecule has 3 aromatic carbocycles. The van der Waals surface area contributed by atoms with Crippen LogP contribution in [0.3, 0.4) is 0 Å². The van der Waals surface area contributed by atoms with Gasteiger partial charge in [0.2, 0.25) is 5.91 Å². The monoisotopic (exact) mass is 475 g/mol. The number of sulfonamides is 1. The second-order valence-corrected chi connectivity index (χ2v) is 9.51. The van der Waals surface area contributed by atoms with Crippen LogP contribution >= 0.6 is 0 Å². The fourth-order valence-corrected chi connectivity index (χ4v) is 4.63. The predicted octanol–water partition coefficient (Wildman–Crippen LogP) is 5.27. The molecule has 1 heterocycles. The third-order valence-electron chi connectivity index (χ3n) is 5.24. The molecule has 0 aliphatic rings. The molecule has 0 saturated heterocycles. The molecule has 0 aliphatic heterocycles. The van der Waals surface area contributed by atoms with Gasteiger partial charge in [0, 0.05) is 18.4 Å². The Balaban J connectivity index is 1.38. The smallest absolute Gasteiger partial charge is 0.264 e. The number of amides is 1. The molecular weight excluding hydrogens is 450 g/mol. The summed E-state index contributed by atoms with van der Waals surface area (Å²) < 4.78 is 38.5. The van der Waals surface area contributed by atoms with Gasteiger partial charge in [-0.25, -0.2) is 13.1 Å². The molecule has 7 heteroatoms. The van der Waals surface area contributed by atoms with Crippen LogP contribution < -0.4 is 9.46 Å². The van der Waals surface area contributed by atoms with Gasteiger partial charge in [-0.05, 0) is 48.4 Å². The Hall–Kier alpha value is -3.84. The minimum absolute atomic E-state index is 0.0322. The number of hydrogen-bond donors (Lipinski definition) is 1. The Morgan fingerprint density at radius 2 is 1.56 bits per heavy atom. The normalized spacial score (nSPS) is 11.2. The van der Waals surface area contributed by atoms with Crippen molar-refractivity contribution in [3.05, 3.63) is 108 Å². The van der Waals surface area contributed by atoms with Crippen molar-refractivity contribution in [3.8, 4) is 16.9 Å². The van der Waals surface area contributed by atoms with Gasteiger partial charge in [-0.1, -0.05) is 60.7 Å². The van der Waals surface area contributed by atoms with Crippen LogP contribution in [0.1, 0.15) is 23.5 Å². The molecule has 0 spiro atoms. The quantitative estimate of drug-likeness (QED) is 0.356. The summed E-state index contributed by atoms with van der Waals surface area (Å²) in [6, 6.07) is 27.5. The molecule has 0 aliphatic carbocycles. The number of hydrogen-bond acceptors (Lipinski definition) is 5. The minimum Gasteiger partial charge on any atom is -0.489 e. The number of nitrogens with one attached hydrogen (secondary N) is 1. The van der Waals surface area contributed by atoms with E-state index in [2.05, 4.69) is 4.72 Å². The van der Waals surface area contributed by atoms with Crippen molar-refractivity contribution < 1.29 is 22.4 Å². The Bertz CT molecular complexity index is 1360. The van der Waals surface area contributed by atoms with Gasteiger partial charge in [0.05, 0.1) is 4.90 Å². The third kappa shape index (κ3) is 5.94. The highest BCUT2D eigenvalue weighted by atomic mass is 32.2. The van der Waals surface area contributed by atoms with Gasteiger partial charge < -0.3 is 9.15 Å². The first-order valence-corrected chi connectivity index (χ1v) is 12.4. The van der Waals surface area contributed by atoms with Crippen LogP contribution in [0.2, 0.25) is 0 Å². The van der Waals surface area contributed by atoms with Crippen molar-refractivity contribution in [2.45, 2.75) is 31.3 Å². The van der Waals surface area contributed by atoms with Crippen LogP contribution in [0, 0.1) is 6.92 Å². The fraction of sp³-hybridized carbons (Fsp3) is 0.148. The molecule has 0 saturated carbocycles. The summed E-state index contributed by atoms with van der Waals surface area (Å²) in [5.41, 5.74) is 2.98. The van der Waals surface area contributed by atoms with Crippen molar-refractivity contribution in [2.75, 3.05) is 0 Å². The first-order valence-electron chi connectivity index (χ1n) is 10.9. The molecule has 1 amide bonds. The van der Waals surface area contributed by atoms with E-state index in [-0.39, 0.29) is 24.3 Å². The van der Waals surface area contributed by atoms with E-state index in [4.69, 9.17) is 9.15 Å². The number of benzene rings is 3. The van der Waals surface area contributed by atoms with Gasteiger partial charge in [-0.15, -0.1) is 0 Å². The van der Waals surface area contributed by atoms with E-state index >= 15 is 0 Å². The van der Waals surface area contributed by atoms with E-state index < -0.39 is 15.9 Å². The molecule has 0 radical (unpaired) electrons. The maximum Gasteiger partial charge on any atom is 0.264 e. The molecule has 1 aromatic heterocycles. The molecule has 1 N–H and O–H groups in total. The first-order chi connectivity index (χ1) is 16.4. The maximum absolute atomic E-state index is 12.3. The lowest BCUT2D eigenvalue weighted by molar-refractivity contribution is -0.119. The van der Waals surface area contributed by atoms with Crippen LogP contribution in [0.25, 0.3) is 11.1 Å². The summed E-state index contributed by atoms with van der Waals surface area (Å²) in [6.07, 6.45) is 0.224. The van der Waals surface area contributed by atoms with Crippen LogP contribution in [-0.2, 0) is 27.8 Å².